The molecule has 0 aliphatic carbocycles. The van der Waals surface area contributed by atoms with E-state index in [-0.39, 0.29) is 12.3 Å². The van der Waals surface area contributed by atoms with Gasteiger partial charge in [0, 0.05) is 29.1 Å². The molecule has 1 amide bonds. The van der Waals surface area contributed by atoms with Crippen LogP contribution in [-0.4, -0.2) is 16.0 Å². The number of hydrogen-bond donors (Lipinski definition) is 1. The van der Waals surface area contributed by atoms with E-state index in [0.717, 1.165) is 22.4 Å². The largest absolute Gasteiger partial charge is 0.339 e. The van der Waals surface area contributed by atoms with Crippen LogP contribution in [0.3, 0.4) is 0 Å². The third kappa shape index (κ3) is 4.67. The number of anilines is 1. The molecule has 3 aromatic rings. The van der Waals surface area contributed by atoms with Gasteiger partial charge in [0.15, 0.2) is 0 Å². The van der Waals surface area contributed by atoms with Gasteiger partial charge in [-0.05, 0) is 49.2 Å². The Hall–Kier alpha value is -2.66. The van der Waals surface area contributed by atoms with Crippen LogP contribution in [0.5, 0.6) is 0 Å². The van der Waals surface area contributed by atoms with Gasteiger partial charge in [-0.2, -0.15) is 4.98 Å². The quantitative estimate of drug-likeness (QED) is 0.727. The van der Waals surface area contributed by atoms with Gasteiger partial charge in [0.05, 0.1) is 0 Å². The zero-order chi connectivity index (χ0) is 17.8. The van der Waals surface area contributed by atoms with Crippen LogP contribution < -0.4 is 5.32 Å². The molecule has 0 spiro atoms. The first-order valence-electron chi connectivity index (χ1n) is 7.96. The summed E-state index contributed by atoms with van der Waals surface area (Å²) in [4.78, 5) is 16.4. The standard InChI is InChI=1S/C19H18ClN3O2/c1-12-8-13(2)10-16(9-12)21-17(24)6-7-18-22-19(23-25-18)14-4-3-5-15(20)11-14/h3-5,8-11H,6-7H2,1-2H3,(H,21,24). The Kier molecular flexibility index (Phi) is 5.14. The summed E-state index contributed by atoms with van der Waals surface area (Å²) in [6.45, 7) is 4.00. The molecular weight excluding hydrogens is 338 g/mol. The summed E-state index contributed by atoms with van der Waals surface area (Å²) >= 11 is 5.96. The fourth-order valence-corrected chi connectivity index (χ4v) is 2.78. The summed E-state index contributed by atoms with van der Waals surface area (Å²) in [6.07, 6.45) is 0.647. The third-order valence-electron chi connectivity index (χ3n) is 3.62. The maximum Gasteiger partial charge on any atom is 0.227 e. The fraction of sp³-hybridized carbons (Fsp3) is 0.211. The molecule has 128 valence electrons. The maximum atomic E-state index is 12.1. The van der Waals surface area contributed by atoms with E-state index >= 15 is 0 Å². The molecule has 0 radical (unpaired) electrons. The second kappa shape index (κ2) is 7.49. The number of aryl methyl sites for hydroxylation is 3. The van der Waals surface area contributed by atoms with Gasteiger partial charge in [-0.15, -0.1) is 0 Å². The average Bonchev–Trinajstić information content (AvgIpc) is 3.01. The number of benzene rings is 2. The van der Waals surface area contributed by atoms with E-state index in [2.05, 4.69) is 21.5 Å². The zero-order valence-electron chi connectivity index (χ0n) is 14.0. The molecule has 0 saturated heterocycles. The summed E-state index contributed by atoms with van der Waals surface area (Å²) in [5.74, 6) is 0.797. The first-order valence-corrected chi connectivity index (χ1v) is 8.34. The Morgan fingerprint density at radius 2 is 1.92 bits per heavy atom. The molecule has 1 heterocycles. The van der Waals surface area contributed by atoms with Crippen molar-refractivity contribution < 1.29 is 9.32 Å². The van der Waals surface area contributed by atoms with Crippen molar-refractivity contribution in [3.63, 3.8) is 0 Å². The summed E-state index contributed by atoms with van der Waals surface area (Å²) < 4.78 is 5.21. The Morgan fingerprint density at radius 1 is 1.16 bits per heavy atom. The van der Waals surface area contributed by atoms with Gasteiger partial charge in [-0.1, -0.05) is 35.0 Å². The Labute approximate surface area is 151 Å². The van der Waals surface area contributed by atoms with Crippen molar-refractivity contribution in [2.75, 3.05) is 5.32 Å². The molecule has 0 fully saturated rings. The van der Waals surface area contributed by atoms with Crippen LogP contribution in [0.15, 0.2) is 47.0 Å². The van der Waals surface area contributed by atoms with Crippen molar-refractivity contribution in [2.45, 2.75) is 26.7 Å². The number of hydrogen-bond acceptors (Lipinski definition) is 4. The molecule has 2 aromatic carbocycles. The molecule has 1 N–H and O–H groups in total. The highest BCUT2D eigenvalue weighted by atomic mass is 35.5. The van der Waals surface area contributed by atoms with E-state index in [0.29, 0.717) is 23.2 Å². The number of halogens is 1. The minimum absolute atomic E-state index is 0.0903. The van der Waals surface area contributed by atoms with Crippen molar-refractivity contribution >= 4 is 23.2 Å². The lowest BCUT2D eigenvalue weighted by atomic mass is 10.1. The monoisotopic (exact) mass is 355 g/mol. The number of carbonyl (C=O) groups is 1. The Balaban J connectivity index is 1.59. The van der Waals surface area contributed by atoms with E-state index < -0.39 is 0 Å². The topological polar surface area (TPSA) is 68.0 Å². The van der Waals surface area contributed by atoms with E-state index in [1.807, 2.05) is 38.1 Å². The van der Waals surface area contributed by atoms with Gasteiger partial charge >= 0.3 is 0 Å². The third-order valence-corrected chi connectivity index (χ3v) is 3.86. The number of nitrogens with one attached hydrogen (secondary N) is 1. The van der Waals surface area contributed by atoms with Gasteiger partial charge < -0.3 is 9.84 Å². The summed E-state index contributed by atoms with van der Waals surface area (Å²) in [6, 6.07) is 13.2. The predicted octanol–water partition coefficient (Wildman–Crippen LogP) is 4.58. The number of amides is 1. The summed E-state index contributed by atoms with van der Waals surface area (Å²) in [5, 5.41) is 7.44. The molecule has 3 rings (SSSR count). The van der Waals surface area contributed by atoms with E-state index in [1.54, 1.807) is 12.1 Å². The second-order valence-corrected chi connectivity index (χ2v) is 6.38. The first kappa shape index (κ1) is 17.2. The van der Waals surface area contributed by atoms with Crippen molar-refractivity contribution in [3.05, 3.63) is 64.5 Å². The van der Waals surface area contributed by atoms with Gasteiger partial charge in [0.2, 0.25) is 17.6 Å². The normalized spacial score (nSPS) is 10.7. The Morgan fingerprint density at radius 3 is 2.64 bits per heavy atom. The van der Waals surface area contributed by atoms with Crippen molar-refractivity contribution in [1.29, 1.82) is 0 Å². The lowest BCUT2D eigenvalue weighted by molar-refractivity contribution is -0.116. The highest BCUT2D eigenvalue weighted by molar-refractivity contribution is 6.30. The number of carbonyl (C=O) groups excluding carboxylic acids is 1. The van der Waals surface area contributed by atoms with Crippen LogP contribution in [0.25, 0.3) is 11.4 Å². The SMILES string of the molecule is Cc1cc(C)cc(NC(=O)CCc2nc(-c3cccc(Cl)c3)no2)c1. The smallest absolute Gasteiger partial charge is 0.227 e. The molecular formula is C19H18ClN3O2. The molecule has 5 nitrogen and oxygen atoms in total. The van der Waals surface area contributed by atoms with E-state index in [4.69, 9.17) is 16.1 Å². The Bertz CT molecular complexity index is 885. The summed E-state index contributed by atoms with van der Waals surface area (Å²) in [7, 11) is 0. The zero-order valence-corrected chi connectivity index (χ0v) is 14.8. The molecule has 0 saturated carbocycles. The van der Waals surface area contributed by atoms with Crippen LogP contribution >= 0.6 is 11.6 Å². The van der Waals surface area contributed by atoms with Crippen LogP contribution in [0.1, 0.15) is 23.4 Å². The van der Waals surface area contributed by atoms with Crippen LogP contribution in [0, 0.1) is 13.8 Å². The minimum Gasteiger partial charge on any atom is -0.339 e. The second-order valence-electron chi connectivity index (χ2n) is 5.95. The van der Waals surface area contributed by atoms with Crippen LogP contribution in [0.4, 0.5) is 5.69 Å². The van der Waals surface area contributed by atoms with Gasteiger partial charge in [-0.25, -0.2) is 0 Å². The highest BCUT2D eigenvalue weighted by Crippen LogP contribution is 2.20. The lowest BCUT2D eigenvalue weighted by Crippen LogP contribution is -2.12. The fourth-order valence-electron chi connectivity index (χ4n) is 2.59. The van der Waals surface area contributed by atoms with Gasteiger partial charge in [0.1, 0.15) is 0 Å². The van der Waals surface area contributed by atoms with E-state index in [9.17, 15) is 4.79 Å². The maximum absolute atomic E-state index is 12.1. The molecule has 6 heteroatoms. The van der Waals surface area contributed by atoms with Gasteiger partial charge in [0.25, 0.3) is 0 Å². The lowest BCUT2D eigenvalue weighted by Gasteiger charge is -2.06. The summed E-state index contributed by atoms with van der Waals surface area (Å²) in [5.41, 5.74) is 3.80. The van der Waals surface area contributed by atoms with Crippen LogP contribution in [-0.2, 0) is 11.2 Å². The molecule has 0 unspecified atom stereocenters. The average molecular weight is 356 g/mol. The van der Waals surface area contributed by atoms with Gasteiger partial charge in [-0.3, -0.25) is 4.79 Å². The first-order chi connectivity index (χ1) is 12.0. The van der Waals surface area contributed by atoms with Crippen LogP contribution in [0.2, 0.25) is 5.02 Å². The predicted molar refractivity (Wildman–Crippen MR) is 97.6 cm³/mol. The molecule has 25 heavy (non-hydrogen) atoms. The van der Waals surface area contributed by atoms with Crippen molar-refractivity contribution in [1.82, 2.24) is 10.1 Å². The molecule has 0 aliphatic rings. The van der Waals surface area contributed by atoms with E-state index in [1.165, 1.54) is 0 Å². The number of rotatable bonds is 5. The minimum atomic E-state index is -0.0903. The molecule has 0 aliphatic heterocycles. The number of nitrogens with zero attached hydrogens (tertiary/aromatic N) is 2. The number of aromatic nitrogens is 2. The molecule has 0 bridgehead atoms. The molecule has 1 aromatic heterocycles. The molecule has 0 atom stereocenters. The van der Waals surface area contributed by atoms with Crippen molar-refractivity contribution in [3.8, 4) is 11.4 Å². The van der Waals surface area contributed by atoms with Crippen molar-refractivity contribution in [2.24, 2.45) is 0 Å². The highest BCUT2D eigenvalue weighted by Gasteiger charge is 2.11.